The molecule has 110 valence electrons. The van der Waals surface area contributed by atoms with E-state index in [4.69, 9.17) is 9.84 Å². The molecule has 0 radical (unpaired) electrons. The first-order valence-corrected chi connectivity index (χ1v) is 6.23. The number of carboxylic acids is 1. The molecule has 1 aromatic rings. The van der Waals surface area contributed by atoms with E-state index in [-0.39, 0.29) is 19.1 Å². The van der Waals surface area contributed by atoms with E-state index in [0.29, 0.717) is 32.1 Å². The molecule has 2 rings (SSSR count). The second-order valence-electron chi connectivity index (χ2n) is 4.45. The van der Waals surface area contributed by atoms with E-state index in [2.05, 4.69) is 10.2 Å². The predicted octanol–water partition coefficient (Wildman–Crippen LogP) is -0.753. The summed E-state index contributed by atoms with van der Waals surface area (Å²) in [5.41, 5.74) is 0. The van der Waals surface area contributed by atoms with Crippen LogP contribution < -0.4 is 0 Å². The third-order valence-corrected chi connectivity index (χ3v) is 3.07. The number of fused-ring (bicyclic) bond motifs is 1. The molecule has 1 aliphatic heterocycles. The van der Waals surface area contributed by atoms with E-state index in [1.165, 1.54) is 12.0 Å². The van der Waals surface area contributed by atoms with Gasteiger partial charge in [-0.3, -0.25) is 4.79 Å². The van der Waals surface area contributed by atoms with Crippen LogP contribution in [0.25, 0.3) is 0 Å². The fourth-order valence-electron chi connectivity index (χ4n) is 2.04. The summed E-state index contributed by atoms with van der Waals surface area (Å²) in [6.07, 6.45) is 1.62. The highest BCUT2D eigenvalue weighted by Crippen LogP contribution is 2.11. The number of hydrogen-bond donors (Lipinski definition) is 1. The summed E-state index contributed by atoms with van der Waals surface area (Å²) in [5.74, 6) is -0.346. The van der Waals surface area contributed by atoms with Gasteiger partial charge < -0.3 is 24.2 Å². The van der Waals surface area contributed by atoms with Crippen molar-refractivity contribution in [3.63, 3.8) is 0 Å². The van der Waals surface area contributed by atoms with Gasteiger partial charge in [0.2, 0.25) is 0 Å². The van der Waals surface area contributed by atoms with Crippen LogP contribution in [-0.4, -0.2) is 75.0 Å². The number of ether oxygens (including phenoxy) is 1. The number of aromatic nitrogens is 3. The van der Waals surface area contributed by atoms with Crippen LogP contribution in [0.4, 0.5) is 4.79 Å². The maximum atomic E-state index is 12.3. The minimum Gasteiger partial charge on any atom is -0.480 e. The standard InChI is InChI=1S/C11H17N5O4/c1-20-5-4-15(7-10(17)18)11(19)14-2-3-16-8-12-13-9(16)6-14/h8H,2-7H2,1H3,(H,17,18). The fourth-order valence-corrected chi connectivity index (χ4v) is 2.04. The van der Waals surface area contributed by atoms with Crippen LogP contribution in [0.15, 0.2) is 6.33 Å². The molecule has 20 heavy (non-hydrogen) atoms. The molecule has 0 aromatic carbocycles. The number of aliphatic carboxylic acids is 1. The molecular weight excluding hydrogens is 266 g/mol. The molecule has 0 atom stereocenters. The Balaban J connectivity index is 2.02. The molecular formula is C11H17N5O4. The zero-order valence-corrected chi connectivity index (χ0v) is 11.2. The van der Waals surface area contributed by atoms with Gasteiger partial charge in [0.1, 0.15) is 12.9 Å². The number of carbonyl (C=O) groups excluding carboxylic acids is 1. The van der Waals surface area contributed by atoms with Gasteiger partial charge in [-0.25, -0.2) is 4.79 Å². The van der Waals surface area contributed by atoms with Crippen LogP contribution in [0.2, 0.25) is 0 Å². The van der Waals surface area contributed by atoms with E-state index < -0.39 is 5.97 Å². The number of methoxy groups -OCH3 is 1. The molecule has 9 nitrogen and oxygen atoms in total. The van der Waals surface area contributed by atoms with Gasteiger partial charge in [0.15, 0.2) is 5.82 Å². The smallest absolute Gasteiger partial charge is 0.323 e. The Morgan fingerprint density at radius 1 is 1.50 bits per heavy atom. The second-order valence-corrected chi connectivity index (χ2v) is 4.45. The summed E-state index contributed by atoms with van der Waals surface area (Å²) < 4.78 is 6.78. The molecule has 0 spiro atoms. The van der Waals surface area contributed by atoms with Gasteiger partial charge in [-0.15, -0.1) is 10.2 Å². The predicted molar refractivity (Wildman–Crippen MR) is 66.9 cm³/mol. The van der Waals surface area contributed by atoms with Crippen molar-refractivity contribution in [2.24, 2.45) is 0 Å². The Labute approximate surface area is 115 Å². The maximum absolute atomic E-state index is 12.3. The molecule has 0 aliphatic carbocycles. The largest absolute Gasteiger partial charge is 0.480 e. The number of urea groups is 1. The van der Waals surface area contributed by atoms with Gasteiger partial charge in [0.05, 0.1) is 13.2 Å². The van der Waals surface area contributed by atoms with Crippen molar-refractivity contribution in [1.82, 2.24) is 24.6 Å². The van der Waals surface area contributed by atoms with Gasteiger partial charge in [0.25, 0.3) is 0 Å². The lowest BCUT2D eigenvalue weighted by atomic mass is 10.3. The summed E-state index contributed by atoms with van der Waals surface area (Å²) in [5, 5.41) is 16.6. The number of hydrogen-bond acceptors (Lipinski definition) is 5. The minimum absolute atomic E-state index is 0.241. The number of carboxylic acid groups (broad SMARTS) is 1. The van der Waals surface area contributed by atoms with Gasteiger partial charge in [-0.1, -0.05) is 0 Å². The Hall–Kier alpha value is -2.16. The van der Waals surface area contributed by atoms with E-state index in [0.717, 1.165) is 0 Å². The molecule has 0 fully saturated rings. The molecule has 2 heterocycles. The molecule has 9 heteroatoms. The molecule has 2 amide bonds. The first kappa shape index (κ1) is 14.3. The lowest BCUT2D eigenvalue weighted by molar-refractivity contribution is -0.137. The van der Waals surface area contributed by atoms with Crippen molar-refractivity contribution in [2.75, 3.05) is 33.4 Å². The minimum atomic E-state index is -1.05. The summed E-state index contributed by atoms with van der Waals surface area (Å²) in [6, 6.07) is -0.321. The van der Waals surface area contributed by atoms with Crippen LogP contribution >= 0.6 is 0 Å². The van der Waals surface area contributed by atoms with Gasteiger partial charge in [-0.2, -0.15) is 0 Å². The van der Waals surface area contributed by atoms with Crippen molar-refractivity contribution in [3.05, 3.63) is 12.2 Å². The Morgan fingerprint density at radius 2 is 2.30 bits per heavy atom. The number of nitrogens with zero attached hydrogens (tertiary/aromatic N) is 5. The molecule has 1 N–H and O–H groups in total. The summed E-state index contributed by atoms with van der Waals surface area (Å²) in [6.45, 7) is 1.65. The number of rotatable bonds is 5. The Bertz CT molecular complexity index is 489. The van der Waals surface area contributed by atoms with E-state index in [9.17, 15) is 9.59 Å². The highest BCUT2D eigenvalue weighted by Gasteiger charge is 2.26. The van der Waals surface area contributed by atoms with E-state index in [1.54, 1.807) is 11.2 Å². The van der Waals surface area contributed by atoms with Crippen LogP contribution in [-0.2, 0) is 22.6 Å². The highest BCUT2D eigenvalue weighted by molar-refractivity contribution is 5.80. The second kappa shape index (κ2) is 6.33. The third-order valence-electron chi connectivity index (χ3n) is 3.07. The first-order valence-electron chi connectivity index (χ1n) is 6.23. The quantitative estimate of drug-likeness (QED) is 0.763. The summed E-state index contributed by atoms with van der Waals surface area (Å²) in [7, 11) is 1.51. The zero-order chi connectivity index (χ0) is 14.5. The maximum Gasteiger partial charge on any atom is 0.323 e. The normalized spacial score (nSPS) is 13.9. The van der Waals surface area contributed by atoms with E-state index in [1.807, 2.05) is 4.57 Å². The van der Waals surface area contributed by atoms with Gasteiger partial charge in [0, 0.05) is 26.7 Å². The van der Waals surface area contributed by atoms with Crippen LogP contribution in [0.3, 0.4) is 0 Å². The zero-order valence-electron chi connectivity index (χ0n) is 11.2. The molecule has 1 aromatic heterocycles. The topological polar surface area (TPSA) is 101 Å². The molecule has 0 unspecified atom stereocenters. The van der Waals surface area contributed by atoms with Crippen LogP contribution in [0.5, 0.6) is 0 Å². The summed E-state index contributed by atoms with van der Waals surface area (Å²) in [4.78, 5) is 26.0. The van der Waals surface area contributed by atoms with Crippen LogP contribution in [0, 0.1) is 0 Å². The van der Waals surface area contributed by atoms with Crippen molar-refractivity contribution < 1.29 is 19.4 Å². The average molecular weight is 283 g/mol. The first-order chi connectivity index (χ1) is 9.61. The van der Waals surface area contributed by atoms with E-state index >= 15 is 0 Å². The molecule has 0 saturated heterocycles. The van der Waals surface area contributed by atoms with Gasteiger partial charge in [-0.05, 0) is 0 Å². The third kappa shape index (κ3) is 3.23. The van der Waals surface area contributed by atoms with Crippen molar-refractivity contribution >= 4 is 12.0 Å². The number of amides is 2. The fraction of sp³-hybridized carbons (Fsp3) is 0.636. The van der Waals surface area contributed by atoms with Crippen molar-refractivity contribution in [3.8, 4) is 0 Å². The summed E-state index contributed by atoms with van der Waals surface area (Å²) >= 11 is 0. The lowest BCUT2D eigenvalue weighted by Gasteiger charge is -2.32. The monoisotopic (exact) mass is 283 g/mol. The average Bonchev–Trinajstić information content (AvgIpc) is 2.89. The number of carbonyl (C=O) groups is 2. The Kier molecular flexibility index (Phi) is 4.51. The lowest BCUT2D eigenvalue weighted by Crippen LogP contribution is -2.49. The SMILES string of the molecule is COCCN(CC(=O)O)C(=O)N1CCn2cnnc2C1. The van der Waals surface area contributed by atoms with Crippen LogP contribution in [0.1, 0.15) is 5.82 Å². The van der Waals surface area contributed by atoms with Gasteiger partial charge >= 0.3 is 12.0 Å². The van der Waals surface area contributed by atoms with Crippen molar-refractivity contribution in [1.29, 1.82) is 0 Å². The highest BCUT2D eigenvalue weighted by atomic mass is 16.5. The molecule has 1 aliphatic rings. The molecule has 0 saturated carbocycles. The Morgan fingerprint density at radius 3 is 3.00 bits per heavy atom. The molecule has 0 bridgehead atoms. The van der Waals surface area contributed by atoms with Crippen molar-refractivity contribution in [2.45, 2.75) is 13.1 Å².